The molecule has 0 N–H and O–H groups in total. The van der Waals surface area contributed by atoms with Crippen LogP contribution in [-0.4, -0.2) is 23.0 Å². The normalized spacial score (nSPS) is 14.0. The Morgan fingerprint density at radius 1 is 0.909 bits per heavy atom. The second-order valence-corrected chi connectivity index (χ2v) is 5.52. The fourth-order valence-electron chi connectivity index (χ4n) is 2.79. The maximum absolute atomic E-state index is 12.2. The Hall–Kier alpha value is -2.75. The van der Waals surface area contributed by atoms with Crippen molar-refractivity contribution in [2.24, 2.45) is 5.10 Å². The maximum Gasteiger partial charge on any atom is 0.282 e. The van der Waals surface area contributed by atoms with Crippen LogP contribution in [-0.2, 0) is 0 Å². The first kappa shape index (κ1) is 14.2. The second-order valence-electron chi connectivity index (χ2n) is 5.52. The van der Waals surface area contributed by atoms with Crippen molar-refractivity contribution in [1.29, 1.82) is 0 Å². The first-order valence-corrected chi connectivity index (χ1v) is 7.08. The molecule has 0 fully saturated rings. The van der Waals surface area contributed by atoms with Gasteiger partial charge in [-0.25, -0.2) is 0 Å². The Labute approximate surface area is 129 Å². The van der Waals surface area contributed by atoms with E-state index < -0.39 is 0 Å². The number of carbonyl (C=O) groups is 2. The third-order valence-electron chi connectivity index (χ3n) is 3.81. The van der Waals surface area contributed by atoms with Crippen LogP contribution in [0.25, 0.3) is 0 Å². The summed E-state index contributed by atoms with van der Waals surface area (Å²) in [6.07, 6.45) is 1.59. The molecule has 1 aliphatic heterocycles. The highest BCUT2D eigenvalue weighted by molar-refractivity contribution is 6.21. The van der Waals surface area contributed by atoms with Crippen molar-refractivity contribution < 1.29 is 9.59 Å². The van der Waals surface area contributed by atoms with Crippen LogP contribution >= 0.6 is 0 Å². The number of benzene rings is 2. The summed E-state index contributed by atoms with van der Waals surface area (Å²) in [5, 5.41) is 5.06. The SMILES string of the molecule is Cc1cc(C)c(/C=N\N2C(=O)c3ccccc3C2=O)c(C)c1. The molecule has 0 spiro atoms. The topological polar surface area (TPSA) is 49.7 Å². The number of carbonyl (C=O) groups excluding carboxylic acids is 2. The van der Waals surface area contributed by atoms with Crippen molar-refractivity contribution >= 4 is 18.0 Å². The summed E-state index contributed by atoms with van der Waals surface area (Å²) in [6.45, 7) is 6.01. The lowest BCUT2D eigenvalue weighted by atomic mass is 10.0. The van der Waals surface area contributed by atoms with E-state index in [0.717, 1.165) is 21.7 Å². The Kier molecular flexibility index (Phi) is 3.37. The Balaban J connectivity index is 1.96. The van der Waals surface area contributed by atoms with E-state index in [1.54, 1.807) is 30.5 Å². The zero-order valence-electron chi connectivity index (χ0n) is 12.8. The highest BCUT2D eigenvalue weighted by Crippen LogP contribution is 2.23. The fourth-order valence-corrected chi connectivity index (χ4v) is 2.79. The van der Waals surface area contributed by atoms with Crippen LogP contribution in [0.3, 0.4) is 0 Å². The van der Waals surface area contributed by atoms with Gasteiger partial charge in [-0.15, -0.1) is 0 Å². The molecule has 4 heteroatoms. The molecule has 2 amide bonds. The van der Waals surface area contributed by atoms with Gasteiger partial charge in [0.2, 0.25) is 0 Å². The second kappa shape index (κ2) is 5.22. The Bertz CT molecular complexity index is 764. The van der Waals surface area contributed by atoms with Crippen molar-refractivity contribution in [1.82, 2.24) is 5.01 Å². The number of aryl methyl sites for hydroxylation is 3. The Morgan fingerprint density at radius 3 is 1.91 bits per heavy atom. The smallest absolute Gasteiger partial charge is 0.267 e. The molecule has 110 valence electrons. The molecule has 2 aromatic rings. The lowest BCUT2D eigenvalue weighted by molar-refractivity contribution is 0.0660. The van der Waals surface area contributed by atoms with Gasteiger partial charge in [-0.3, -0.25) is 9.59 Å². The molecule has 0 aromatic heterocycles. The third kappa shape index (κ3) is 2.22. The summed E-state index contributed by atoms with van der Waals surface area (Å²) in [4.78, 5) is 24.5. The van der Waals surface area contributed by atoms with Crippen LogP contribution in [0.1, 0.15) is 43.0 Å². The third-order valence-corrected chi connectivity index (χ3v) is 3.81. The molecule has 1 aliphatic rings. The number of nitrogens with zero attached hydrogens (tertiary/aromatic N) is 2. The number of rotatable bonds is 2. The van der Waals surface area contributed by atoms with Gasteiger partial charge in [-0.1, -0.05) is 29.8 Å². The minimum Gasteiger partial charge on any atom is -0.267 e. The van der Waals surface area contributed by atoms with Crippen molar-refractivity contribution in [3.63, 3.8) is 0 Å². The number of imide groups is 1. The average molecular weight is 292 g/mol. The van der Waals surface area contributed by atoms with E-state index in [1.165, 1.54) is 5.56 Å². The van der Waals surface area contributed by atoms with Gasteiger partial charge in [0.05, 0.1) is 17.3 Å². The largest absolute Gasteiger partial charge is 0.282 e. The molecule has 0 radical (unpaired) electrons. The molecular weight excluding hydrogens is 276 g/mol. The number of hydrogen-bond acceptors (Lipinski definition) is 3. The van der Waals surface area contributed by atoms with E-state index >= 15 is 0 Å². The predicted octanol–water partition coefficient (Wildman–Crippen LogP) is 3.24. The number of amides is 2. The number of hydrogen-bond donors (Lipinski definition) is 0. The molecule has 22 heavy (non-hydrogen) atoms. The standard InChI is InChI=1S/C18H16N2O2/c1-11-8-12(2)16(13(3)9-11)10-19-20-17(21)14-6-4-5-7-15(14)18(20)22/h4-10H,1-3H3/b19-10-. The van der Waals surface area contributed by atoms with Crippen LogP contribution in [0.2, 0.25) is 0 Å². The summed E-state index contributed by atoms with van der Waals surface area (Å²) < 4.78 is 0. The lowest BCUT2D eigenvalue weighted by Crippen LogP contribution is -2.24. The summed E-state index contributed by atoms with van der Waals surface area (Å²) >= 11 is 0. The van der Waals surface area contributed by atoms with Gasteiger partial charge in [0.15, 0.2) is 0 Å². The van der Waals surface area contributed by atoms with E-state index in [9.17, 15) is 9.59 Å². The van der Waals surface area contributed by atoms with E-state index in [4.69, 9.17) is 0 Å². The molecule has 0 saturated carbocycles. The lowest BCUT2D eigenvalue weighted by Gasteiger charge is -2.09. The van der Waals surface area contributed by atoms with Gasteiger partial charge in [0.1, 0.15) is 0 Å². The molecule has 1 heterocycles. The summed E-state index contributed by atoms with van der Waals surface area (Å²) in [6, 6.07) is 10.9. The molecule has 0 unspecified atom stereocenters. The van der Waals surface area contributed by atoms with E-state index in [0.29, 0.717) is 11.1 Å². The molecule has 0 bridgehead atoms. The Morgan fingerprint density at radius 2 is 1.41 bits per heavy atom. The molecule has 4 nitrogen and oxygen atoms in total. The molecule has 3 rings (SSSR count). The van der Waals surface area contributed by atoms with Crippen molar-refractivity contribution in [3.05, 3.63) is 69.8 Å². The van der Waals surface area contributed by atoms with Crippen LogP contribution < -0.4 is 0 Å². The number of hydrazone groups is 1. The van der Waals surface area contributed by atoms with Gasteiger partial charge in [-0.05, 0) is 44.0 Å². The van der Waals surface area contributed by atoms with Gasteiger partial charge >= 0.3 is 0 Å². The van der Waals surface area contributed by atoms with Crippen molar-refractivity contribution in [2.45, 2.75) is 20.8 Å². The van der Waals surface area contributed by atoms with Crippen LogP contribution in [0.5, 0.6) is 0 Å². The molecule has 0 aliphatic carbocycles. The molecule has 0 atom stereocenters. The zero-order valence-corrected chi connectivity index (χ0v) is 12.8. The van der Waals surface area contributed by atoms with Gasteiger partial charge in [0.25, 0.3) is 11.8 Å². The highest BCUT2D eigenvalue weighted by Gasteiger charge is 2.35. The first-order valence-electron chi connectivity index (χ1n) is 7.08. The van der Waals surface area contributed by atoms with Crippen LogP contribution in [0.15, 0.2) is 41.5 Å². The zero-order chi connectivity index (χ0) is 15.9. The maximum atomic E-state index is 12.2. The molecular formula is C18H16N2O2. The molecule has 2 aromatic carbocycles. The first-order chi connectivity index (χ1) is 10.5. The fraction of sp³-hybridized carbons (Fsp3) is 0.167. The summed E-state index contributed by atoms with van der Waals surface area (Å²) in [5.74, 6) is -0.751. The minimum absolute atomic E-state index is 0.376. The van der Waals surface area contributed by atoms with E-state index in [2.05, 4.69) is 17.2 Å². The average Bonchev–Trinajstić information content (AvgIpc) is 2.71. The van der Waals surface area contributed by atoms with Gasteiger partial charge in [-0.2, -0.15) is 10.1 Å². The summed E-state index contributed by atoms with van der Waals surface area (Å²) in [7, 11) is 0. The van der Waals surface area contributed by atoms with Crippen LogP contribution in [0, 0.1) is 20.8 Å². The van der Waals surface area contributed by atoms with Crippen molar-refractivity contribution in [2.75, 3.05) is 0 Å². The van der Waals surface area contributed by atoms with Gasteiger partial charge in [0, 0.05) is 5.56 Å². The number of fused-ring (bicyclic) bond motifs is 1. The van der Waals surface area contributed by atoms with Gasteiger partial charge < -0.3 is 0 Å². The van der Waals surface area contributed by atoms with E-state index in [1.807, 2.05) is 20.8 Å². The minimum atomic E-state index is -0.376. The van der Waals surface area contributed by atoms with Crippen LogP contribution in [0.4, 0.5) is 0 Å². The predicted molar refractivity (Wildman–Crippen MR) is 85.2 cm³/mol. The quantitative estimate of drug-likeness (QED) is 0.630. The monoisotopic (exact) mass is 292 g/mol. The van der Waals surface area contributed by atoms with E-state index in [-0.39, 0.29) is 11.8 Å². The highest BCUT2D eigenvalue weighted by atomic mass is 16.2. The molecule has 0 saturated heterocycles. The summed E-state index contributed by atoms with van der Waals surface area (Å²) in [5.41, 5.74) is 5.05. The van der Waals surface area contributed by atoms with Crippen molar-refractivity contribution in [3.8, 4) is 0 Å².